The van der Waals surface area contributed by atoms with Gasteiger partial charge in [0.15, 0.2) is 0 Å². The number of anilines is 1. The molecule has 0 aliphatic carbocycles. The molecule has 0 bridgehead atoms. The molecule has 16 heavy (non-hydrogen) atoms. The highest BCUT2D eigenvalue weighted by Gasteiger charge is 2.01. The molecule has 0 saturated carbocycles. The number of aromatic nitrogens is 4. The molecule has 0 aliphatic rings. The van der Waals surface area contributed by atoms with Gasteiger partial charge in [0.1, 0.15) is 18.5 Å². The first-order valence-electron chi connectivity index (χ1n) is 5.21. The largest absolute Gasteiger partial charge is 0.370 e. The molecule has 0 radical (unpaired) electrons. The molecule has 5 heteroatoms. The summed E-state index contributed by atoms with van der Waals surface area (Å²) in [6.45, 7) is 3.02. The van der Waals surface area contributed by atoms with Crippen LogP contribution in [0.25, 0.3) is 11.3 Å². The van der Waals surface area contributed by atoms with Crippen molar-refractivity contribution in [2.75, 3.05) is 11.9 Å². The highest BCUT2D eigenvalue weighted by atomic mass is 15.0. The highest BCUT2D eigenvalue weighted by Crippen LogP contribution is 2.16. The van der Waals surface area contributed by atoms with E-state index in [1.54, 1.807) is 18.7 Å². The van der Waals surface area contributed by atoms with E-state index >= 15 is 0 Å². The molecule has 0 spiro atoms. The number of rotatable bonds is 4. The normalized spacial score (nSPS) is 10.1. The Bertz CT molecular complexity index is 443. The number of hydrogen-bond acceptors (Lipinski definition) is 5. The van der Waals surface area contributed by atoms with E-state index in [0.717, 1.165) is 30.0 Å². The molecule has 2 rings (SSSR count). The molecular weight excluding hydrogens is 202 g/mol. The van der Waals surface area contributed by atoms with Crippen molar-refractivity contribution in [3.63, 3.8) is 0 Å². The van der Waals surface area contributed by atoms with Gasteiger partial charge in [0.05, 0.1) is 5.69 Å². The topological polar surface area (TPSA) is 63.6 Å². The zero-order valence-corrected chi connectivity index (χ0v) is 9.09. The fraction of sp³-hybridized carbons (Fsp3) is 0.273. The standard InChI is InChI=1S/C11H13N5/c1-2-3-14-11-4-10(15-8-16-11)9-5-12-7-13-6-9/h4-8H,2-3H2,1H3,(H,14,15,16). The van der Waals surface area contributed by atoms with Gasteiger partial charge in [-0.3, -0.25) is 0 Å². The SMILES string of the molecule is CCCNc1cc(-c2cncnc2)ncn1. The Labute approximate surface area is 94.0 Å². The minimum absolute atomic E-state index is 0.828. The van der Waals surface area contributed by atoms with Gasteiger partial charge >= 0.3 is 0 Å². The van der Waals surface area contributed by atoms with Crippen molar-refractivity contribution in [2.24, 2.45) is 0 Å². The Kier molecular flexibility index (Phi) is 3.38. The molecule has 0 atom stereocenters. The summed E-state index contributed by atoms with van der Waals surface area (Å²) in [5.74, 6) is 0.829. The van der Waals surface area contributed by atoms with Crippen LogP contribution in [0.4, 0.5) is 5.82 Å². The van der Waals surface area contributed by atoms with E-state index in [2.05, 4.69) is 32.2 Å². The predicted molar refractivity (Wildman–Crippen MR) is 61.8 cm³/mol. The first-order chi connectivity index (χ1) is 7.90. The molecule has 0 aromatic carbocycles. The van der Waals surface area contributed by atoms with Gasteiger partial charge in [0, 0.05) is 30.6 Å². The predicted octanol–water partition coefficient (Wildman–Crippen LogP) is 1.76. The highest BCUT2D eigenvalue weighted by molar-refractivity contribution is 5.59. The summed E-state index contributed by atoms with van der Waals surface area (Å²) < 4.78 is 0. The van der Waals surface area contributed by atoms with Gasteiger partial charge in [-0.05, 0) is 6.42 Å². The van der Waals surface area contributed by atoms with Crippen molar-refractivity contribution in [1.29, 1.82) is 0 Å². The fourth-order valence-corrected chi connectivity index (χ4v) is 1.30. The van der Waals surface area contributed by atoms with Crippen LogP contribution in [0.15, 0.2) is 31.1 Å². The lowest BCUT2D eigenvalue weighted by molar-refractivity contribution is 0.965. The summed E-state index contributed by atoms with van der Waals surface area (Å²) in [5.41, 5.74) is 1.72. The van der Waals surface area contributed by atoms with Crippen molar-refractivity contribution in [2.45, 2.75) is 13.3 Å². The van der Waals surface area contributed by atoms with Gasteiger partial charge in [0.2, 0.25) is 0 Å². The summed E-state index contributed by atoms with van der Waals surface area (Å²) in [4.78, 5) is 16.2. The molecule has 2 heterocycles. The van der Waals surface area contributed by atoms with Crippen LogP contribution in [0.5, 0.6) is 0 Å². The van der Waals surface area contributed by atoms with Crippen molar-refractivity contribution in [3.8, 4) is 11.3 Å². The molecular formula is C11H13N5. The maximum absolute atomic E-state index is 4.19. The maximum Gasteiger partial charge on any atom is 0.129 e. The number of nitrogens with one attached hydrogen (secondary N) is 1. The van der Waals surface area contributed by atoms with E-state index in [0.29, 0.717) is 0 Å². The second-order valence-electron chi connectivity index (χ2n) is 3.34. The lowest BCUT2D eigenvalue weighted by Gasteiger charge is -2.04. The van der Waals surface area contributed by atoms with Gasteiger partial charge in [0.25, 0.3) is 0 Å². The minimum atomic E-state index is 0.828. The third-order valence-electron chi connectivity index (χ3n) is 2.08. The van der Waals surface area contributed by atoms with Crippen molar-refractivity contribution in [1.82, 2.24) is 19.9 Å². The summed E-state index contributed by atoms with van der Waals surface area (Å²) in [7, 11) is 0. The van der Waals surface area contributed by atoms with Crippen LogP contribution in [-0.2, 0) is 0 Å². The quantitative estimate of drug-likeness (QED) is 0.841. The number of hydrogen-bond donors (Lipinski definition) is 1. The van der Waals surface area contributed by atoms with E-state index in [-0.39, 0.29) is 0 Å². The van der Waals surface area contributed by atoms with Crippen LogP contribution < -0.4 is 5.32 Å². The molecule has 2 aromatic heterocycles. The van der Waals surface area contributed by atoms with E-state index in [1.165, 1.54) is 6.33 Å². The Hall–Kier alpha value is -2.04. The summed E-state index contributed by atoms with van der Waals surface area (Å²) >= 11 is 0. The summed E-state index contributed by atoms with van der Waals surface area (Å²) in [5, 5.41) is 3.21. The molecule has 0 fully saturated rings. The lowest BCUT2D eigenvalue weighted by atomic mass is 10.2. The van der Waals surface area contributed by atoms with Crippen LogP contribution in [-0.4, -0.2) is 26.5 Å². The van der Waals surface area contributed by atoms with E-state index < -0.39 is 0 Å². The van der Waals surface area contributed by atoms with Crippen LogP contribution >= 0.6 is 0 Å². The fourth-order valence-electron chi connectivity index (χ4n) is 1.30. The van der Waals surface area contributed by atoms with Gasteiger partial charge in [-0.15, -0.1) is 0 Å². The Morgan fingerprint density at radius 2 is 1.94 bits per heavy atom. The maximum atomic E-state index is 4.19. The summed E-state index contributed by atoms with van der Waals surface area (Å²) in [6, 6.07) is 1.90. The van der Waals surface area contributed by atoms with Gasteiger partial charge in [-0.1, -0.05) is 6.92 Å². The van der Waals surface area contributed by atoms with Crippen molar-refractivity contribution in [3.05, 3.63) is 31.1 Å². The van der Waals surface area contributed by atoms with Crippen LogP contribution in [0.3, 0.4) is 0 Å². The molecule has 2 aromatic rings. The van der Waals surface area contributed by atoms with Gasteiger partial charge in [-0.25, -0.2) is 19.9 Å². The molecule has 0 amide bonds. The minimum Gasteiger partial charge on any atom is -0.370 e. The molecule has 82 valence electrons. The van der Waals surface area contributed by atoms with Crippen molar-refractivity contribution < 1.29 is 0 Å². The average molecular weight is 215 g/mol. The molecule has 0 unspecified atom stereocenters. The Morgan fingerprint density at radius 3 is 2.69 bits per heavy atom. The molecule has 5 nitrogen and oxygen atoms in total. The van der Waals surface area contributed by atoms with E-state index in [9.17, 15) is 0 Å². The molecule has 1 N–H and O–H groups in total. The third-order valence-corrected chi connectivity index (χ3v) is 2.08. The third kappa shape index (κ3) is 2.50. The first kappa shape index (κ1) is 10.5. The Balaban J connectivity index is 2.22. The van der Waals surface area contributed by atoms with E-state index in [1.807, 2.05) is 6.07 Å². The Morgan fingerprint density at radius 1 is 1.12 bits per heavy atom. The summed E-state index contributed by atoms with van der Waals surface area (Å²) in [6.07, 6.45) is 7.58. The average Bonchev–Trinajstić information content (AvgIpc) is 2.38. The van der Waals surface area contributed by atoms with Crippen LogP contribution in [0.2, 0.25) is 0 Å². The molecule has 0 aliphatic heterocycles. The smallest absolute Gasteiger partial charge is 0.129 e. The number of nitrogens with zero attached hydrogens (tertiary/aromatic N) is 4. The van der Waals surface area contributed by atoms with Gasteiger partial charge < -0.3 is 5.32 Å². The van der Waals surface area contributed by atoms with Crippen LogP contribution in [0, 0.1) is 0 Å². The van der Waals surface area contributed by atoms with E-state index in [4.69, 9.17) is 0 Å². The second-order valence-corrected chi connectivity index (χ2v) is 3.34. The van der Waals surface area contributed by atoms with Gasteiger partial charge in [-0.2, -0.15) is 0 Å². The van der Waals surface area contributed by atoms with Crippen molar-refractivity contribution >= 4 is 5.82 Å². The second kappa shape index (κ2) is 5.16. The lowest BCUT2D eigenvalue weighted by Crippen LogP contribution is -2.02. The molecule has 0 saturated heterocycles. The monoisotopic (exact) mass is 215 g/mol. The van der Waals surface area contributed by atoms with Crippen LogP contribution in [0.1, 0.15) is 13.3 Å². The zero-order chi connectivity index (χ0) is 11.2. The zero-order valence-electron chi connectivity index (χ0n) is 9.09. The first-order valence-corrected chi connectivity index (χ1v) is 5.21.